The molecule has 0 N–H and O–H groups in total. The van der Waals surface area contributed by atoms with E-state index in [1.165, 1.54) is 11.4 Å². The van der Waals surface area contributed by atoms with Gasteiger partial charge in [0.1, 0.15) is 0 Å². The van der Waals surface area contributed by atoms with Gasteiger partial charge in [0.05, 0.1) is 17.6 Å². The number of aromatic nitrogens is 2. The van der Waals surface area contributed by atoms with Crippen molar-refractivity contribution in [3.8, 4) is 0 Å². The van der Waals surface area contributed by atoms with Crippen molar-refractivity contribution in [3.05, 3.63) is 11.9 Å². The first-order valence-corrected chi connectivity index (χ1v) is 4.54. The van der Waals surface area contributed by atoms with Gasteiger partial charge in [-0.2, -0.15) is 5.10 Å². The van der Waals surface area contributed by atoms with Crippen molar-refractivity contribution in [3.63, 3.8) is 0 Å². The third-order valence-electron chi connectivity index (χ3n) is 2.11. The molecule has 0 amide bonds. The van der Waals surface area contributed by atoms with Crippen LogP contribution in [0.3, 0.4) is 0 Å². The molecule has 3 heteroatoms. The van der Waals surface area contributed by atoms with Crippen molar-refractivity contribution >= 4 is 5.69 Å². The summed E-state index contributed by atoms with van der Waals surface area (Å²) in [4.78, 5) is 2.10. The van der Waals surface area contributed by atoms with E-state index in [2.05, 4.69) is 30.8 Å². The molecule has 0 aliphatic heterocycles. The fourth-order valence-electron chi connectivity index (χ4n) is 1.62. The molecule has 0 aliphatic rings. The molecule has 0 spiro atoms. The van der Waals surface area contributed by atoms with Gasteiger partial charge in [-0.1, -0.05) is 20.8 Å². The van der Waals surface area contributed by atoms with Gasteiger partial charge in [0, 0.05) is 26.6 Å². The summed E-state index contributed by atoms with van der Waals surface area (Å²) in [7, 11) is 6.09. The maximum atomic E-state index is 4.28. The van der Waals surface area contributed by atoms with Crippen LogP contribution in [0.1, 0.15) is 26.5 Å². The summed E-state index contributed by atoms with van der Waals surface area (Å²) in [6, 6.07) is 0. The standard InChI is InChI=1S/C10H19N3/c1-10(2,3)9-8(12(4)5)7-11-13(9)6/h7H,1-6H3. The molecule has 0 aromatic carbocycles. The fraction of sp³-hybridized carbons (Fsp3) is 0.700. The molecule has 3 nitrogen and oxygen atoms in total. The van der Waals surface area contributed by atoms with Crippen molar-refractivity contribution in [2.24, 2.45) is 7.05 Å². The Morgan fingerprint density at radius 1 is 1.31 bits per heavy atom. The second kappa shape index (κ2) is 3.05. The van der Waals surface area contributed by atoms with Gasteiger partial charge in [-0.3, -0.25) is 4.68 Å². The minimum absolute atomic E-state index is 0.144. The van der Waals surface area contributed by atoms with Gasteiger partial charge in [0.25, 0.3) is 0 Å². The first kappa shape index (κ1) is 10.1. The zero-order valence-corrected chi connectivity index (χ0v) is 9.42. The summed E-state index contributed by atoms with van der Waals surface area (Å²) >= 11 is 0. The zero-order chi connectivity index (χ0) is 10.2. The van der Waals surface area contributed by atoms with Gasteiger partial charge in [0.2, 0.25) is 0 Å². The zero-order valence-electron chi connectivity index (χ0n) is 9.42. The average molecular weight is 181 g/mol. The molecule has 0 radical (unpaired) electrons. The van der Waals surface area contributed by atoms with Crippen LogP contribution < -0.4 is 4.90 Å². The lowest BCUT2D eigenvalue weighted by Gasteiger charge is -2.23. The van der Waals surface area contributed by atoms with E-state index in [-0.39, 0.29) is 5.41 Å². The van der Waals surface area contributed by atoms with Crippen LogP contribution in [0.4, 0.5) is 5.69 Å². The Bertz CT molecular complexity index is 292. The van der Waals surface area contributed by atoms with Crippen LogP contribution in [0.2, 0.25) is 0 Å². The SMILES string of the molecule is CN(C)c1cnn(C)c1C(C)(C)C. The molecule has 1 heterocycles. The molecule has 0 bridgehead atoms. The first-order chi connectivity index (χ1) is 5.84. The number of aryl methyl sites for hydroxylation is 1. The second-order valence-corrected chi connectivity index (χ2v) is 4.65. The van der Waals surface area contributed by atoms with Gasteiger partial charge in [-0.15, -0.1) is 0 Å². The van der Waals surface area contributed by atoms with E-state index in [0.29, 0.717) is 0 Å². The van der Waals surface area contributed by atoms with Crippen LogP contribution in [0.5, 0.6) is 0 Å². The Morgan fingerprint density at radius 3 is 2.15 bits per heavy atom. The summed E-state index contributed by atoms with van der Waals surface area (Å²) < 4.78 is 1.95. The van der Waals surface area contributed by atoms with Gasteiger partial charge < -0.3 is 4.90 Å². The molecule has 1 aromatic heterocycles. The van der Waals surface area contributed by atoms with Crippen molar-refractivity contribution < 1.29 is 0 Å². The molecule has 1 aromatic rings. The van der Waals surface area contributed by atoms with Crippen LogP contribution in [-0.4, -0.2) is 23.9 Å². The van der Waals surface area contributed by atoms with E-state index in [1.807, 2.05) is 32.0 Å². The molecule has 0 saturated carbocycles. The van der Waals surface area contributed by atoms with E-state index >= 15 is 0 Å². The molecule has 0 aliphatic carbocycles. The largest absolute Gasteiger partial charge is 0.375 e. The molecule has 0 atom stereocenters. The van der Waals surface area contributed by atoms with Gasteiger partial charge >= 0.3 is 0 Å². The van der Waals surface area contributed by atoms with Gasteiger partial charge in [-0.25, -0.2) is 0 Å². The van der Waals surface area contributed by atoms with E-state index in [4.69, 9.17) is 0 Å². The maximum absolute atomic E-state index is 4.28. The molecular weight excluding hydrogens is 162 g/mol. The molecule has 74 valence electrons. The normalized spacial score (nSPS) is 11.8. The third-order valence-corrected chi connectivity index (χ3v) is 2.11. The van der Waals surface area contributed by atoms with Crippen LogP contribution in [0, 0.1) is 0 Å². The predicted octanol–water partition coefficient (Wildman–Crippen LogP) is 1.78. The van der Waals surface area contributed by atoms with Crippen LogP contribution in [0.15, 0.2) is 6.20 Å². The fourth-order valence-corrected chi connectivity index (χ4v) is 1.62. The third kappa shape index (κ3) is 1.85. The van der Waals surface area contributed by atoms with Crippen LogP contribution in [-0.2, 0) is 12.5 Å². The highest BCUT2D eigenvalue weighted by Crippen LogP contribution is 2.29. The maximum Gasteiger partial charge on any atom is 0.0785 e. The van der Waals surface area contributed by atoms with Crippen molar-refractivity contribution in [1.82, 2.24) is 9.78 Å². The summed E-state index contributed by atoms with van der Waals surface area (Å²) in [6.45, 7) is 6.62. The van der Waals surface area contributed by atoms with E-state index < -0.39 is 0 Å². The highest BCUT2D eigenvalue weighted by Gasteiger charge is 2.23. The molecule has 0 unspecified atom stereocenters. The quantitative estimate of drug-likeness (QED) is 0.658. The molecule has 13 heavy (non-hydrogen) atoms. The first-order valence-electron chi connectivity index (χ1n) is 4.54. The van der Waals surface area contributed by atoms with Crippen molar-refractivity contribution in [1.29, 1.82) is 0 Å². The Morgan fingerprint density at radius 2 is 1.85 bits per heavy atom. The number of nitrogens with zero attached hydrogens (tertiary/aromatic N) is 3. The monoisotopic (exact) mass is 181 g/mol. The molecule has 0 saturated heterocycles. The Hall–Kier alpha value is -0.990. The number of hydrogen-bond donors (Lipinski definition) is 0. The van der Waals surface area contributed by atoms with Crippen molar-refractivity contribution in [2.75, 3.05) is 19.0 Å². The second-order valence-electron chi connectivity index (χ2n) is 4.65. The van der Waals surface area contributed by atoms with Crippen molar-refractivity contribution in [2.45, 2.75) is 26.2 Å². The minimum atomic E-state index is 0.144. The van der Waals surface area contributed by atoms with Gasteiger partial charge in [-0.05, 0) is 0 Å². The lowest BCUT2D eigenvalue weighted by molar-refractivity contribution is 0.523. The highest BCUT2D eigenvalue weighted by molar-refractivity contribution is 5.50. The van der Waals surface area contributed by atoms with Gasteiger partial charge in [0.15, 0.2) is 0 Å². The highest BCUT2D eigenvalue weighted by atomic mass is 15.3. The summed E-state index contributed by atoms with van der Waals surface area (Å²) in [5.41, 5.74) is 2.62. The summed E-state index contributed by atoms with van der Waals surface area (Å²) in [5.74, 6) is 0. The van der Waals surface area contributed by atoms with E-state index in [0.717, 1.165) is 0 Å². The lowest BCUT2D eigenvalue weighted by Crippen LogP contribution is -2.21. The summed E-state index contributed by atoms with van der Waals surface area (Å²) in [5, 5.41) is 4.28. The topological polar surface area (TPSA) is 21.1 Å². The lowest BCUT2D eigenvalue weighted by atomic mass is 9.91. The molecule has 1 rings (SSSR count). The Labute approximate surface area is 80.4 Å². The Kier molecular flexibility index (Phi) is 2.37. The molecular formula is C10H19N3. The minimum Gasteiger partial charge on any atom is -0.375 e. The summed E-state index contributed by atoms with van der Waals surface area (Å²) in [6.07, 6.45) is 1.92. The Balaban J connectivity index is 3.25. The van der Waals surface area contributed by atoms with E-state index in [1.54, 1.807) is 0 Å². The smallest absolute Gasteiger partial charge is 0.0785 e. The number of rotatable bonds is 1. The van der Waals surface area contributed by atoms with E-state index in [9.17, 15) is 0 Å². The molecule has 0 fully saturated rings. The van der Waals surface area contributed by atoms with Crippen LogP contribution >= 0.6 is 0 Å². The number of anilines is 1. The van der Waals surface area contributed by atoms with Crippen LogP contribution in [0.25, 0.3) is 0 Å². The predicted molar refractivity (Wildman–Crippen MR) is 56.2 cm³/mol. The average Bonchev–Trinajstić information content (AvgIpc) is 2.28. The number of hydrogen-bond acceptors (Lipinski definition) is 2.